The third-order valence-corrected chi connectivity index (χ3v) is 5.45. The van der Waals surface area contributed by atoms with Gasteiger partial charge in [0, 0.05) is 33.0 Å². The third kappa shape index (κ3) is 3.70. The maximum Gasteiger partial charge on any atom is 0.805 e. The smallest absolute Gasteiger partial charge is 0.353 e. The number of H-pyrrole nitrogens is 2. The summed E-state index contributed by atoms with van der Waals surface area (Å²) in [5, 5.41) is 20.0. The van der Waals surface area contributed by atoms with Crippen molar-refractivity contribution in [3.63, 3.8) is 0 Å². The quantitative estimate of drug-likeness (QED) is 0.200. The normalized spacial score (nSPS) is 11.5. The summed E-state index contributed by atoms with van der Waals surface area (Å²) < 4.78 is 22.9. The molecule has 0 amide bonds. The van der Waals surface area contributed by atoms with Crippen molar-refractivity contribution < 1.29 is 18.5 Å². The first-order chi connectivity index (χ1) is 15.1. The van der Waals surface area contributed by atoms with Crippen molar-refractivity contribution in [2.24, 2.45) is 0 Å². The molecule has 2 N–H and O–H groups in total. The number of fused-ring (bicyclic) bond motifs is 2. The van der Waals surface area contributed by atoms with E-state index in [1.807, 2.05) is 30.3 Å². The predicted molar refractivity (Wildman–Crippen MR) is 115 cm³/mol. The second kappa shape index (κ2) is 7.55. The van der Waals surface area contributed by atoms with Gasteiger partial charge in [-0.05, 0) is 42.5 Å². The van der Waals surface area contributed by atoms with Gasteiger partial charge in [-0.2, -0.15) is 5.10 Å². The lowest BCUT2D eigenvalue weighted by Crippen LogP contribution is -1.90. The number of nitro groups is 1. The number of nitrogens with one attached hydrogen (secondary N) is 2. The average molecular weight is 433 g/mol. The van der Waals surface area contributed by atoms with E-state index in [4.69, 9.17) is 9.05 Å². The Labute approximate surface area is 175 Å². The highest BCUT2D eigenvalue weighted by atomic mass is 31.1. The van der Waals surface area contributed by atoms with Crippen molar-refractivity contribution in [1.82, 2.24) is 15.2 Å². The molecular weight excluding hydrogens is 419 g/mol. The maximum atomic E-state index is 12.3. The van der Waals surface area contributed by atoms with Crippen LogP contribution in [0.3, 0.4) is 0 Å². The summed E-state index contributed by atoms with van der Waals surface area (Å²) in [7, 11) is -2.54. The van der Waals surface area contributed by atoms with E-state index in [1.54, 1.807) is 18.2 Å². The van der Waals surface area contributed by atoms with Crippen LogP contribution in [0.5, 0.6) is 11.5 Å². The predicted octanol–water partition coefficient (Wildman–Crippen LogP) is 5.73. The molecule has 0 aliphatic heterocycles. The van der Waals surface area contributed by atoms with Crippen molar-refractivity contribution in [2.75, 3.05) is 0 Å². The lowest BCUT2D eigenvalue weighted by Gasteiger charge is -1.97. The molecule has 3 aromatic carbocycles. The summed E-state index contributed by atoms with van der Waals surface area (Å²) in [6.07, 6.45) is 0. The molecule has 0 saturated heterocycles. The van der Waals surface area contributed by atoms with Crippen LogP contribution in [0, 0.1) is 10.1 Å². The molecule has 0 saturated carbocycles. The summed E-state index contributed by atoms with van der Waals surface area (Å²) in [5.74, 6) is 0.546. The second-order valence-electron chi connectivity index (χ2n) is 6.71. The molecule has 0 aliphatic rings. The fourth-order valence-corrected chi connectivity index (χ4v) is 3.89. The van der Waals surface area contributed by atoms with Gasteiger partial charge in [-0.3, -0.25) is 15.2 Å². The van der Waals surface area contributed by atoms with E-state index >= 15 is 0 Å². The fourth-order valence-electron chi connectivity index (χ4n) is 3.28. The number of rotatable bonds is 6. The average Bonchev–Trinajstić information content (AvgIpc) is 3.37. The second-order valence-corrected chi connectivity index (χ2v) is 7.52. The highest BCUT2D eigenvalue weighted by Gasteiger charge is 2.25. The van der Waals surface area contributed by atoms with Crippen LogP contribution in [-0.2, 0) is 4.57 Å². The number of nitrogens with zero attached hydrogens (tertiary/aromatic N) is 2. The van der Waals surface area contributed by atoms with Crippen molar-refractivity contribution in [3.8, 4) is 22.9 Å². The van der Waals surface area contributed by atoms with Gasteiger partial charge in [0.2, 0.25) is 0 Å². The minimum Gasteiger partial charge on any atom is -0.353 e. The molecule has 31 heavy (non-hydrogen) atoms. The molecule has 9 nitrogen and oxygen atoms in total. The van der Waals surface area contributed by atoms with E-state index in [1.165, 1.54) is 24.3 Å². The molecule has 1 atom stereocenters. The molecule has 5 rings (SSSR count). The summed E-state index contributed by atoms with van der Waals surface area (Å²) in [6.45, 7) is 0. The Balaban J connectivity index is 1.38. The van der Waals surface area contributed by atoms with Gasteiger partial charge < -0.3 is 4.98 Å². The SMILES string of the molecule is O=[N+]([O-])c1ccc(O[P+](=O)Oc2ccc3[nH]nc(-c4cc5ccccc5[nH]4)c3c2)cc1. The van der Waals surface area contributed by atoms with Crippen LogP contribution in [0.1, 0.15) is 0 Å². The van der Waals surface area contributed by atoms with Gasteiger partial charge in [0.15, 0.2) is 11.5 Å². The summed E-state index contributed by atoms with van der Waals surface area (Å²) in [6, 6.07) is 20.4. The molecule has 0 fully saturated rings. The minimum atomic E-state index is -2.54. The molecule has 10 heteroatoms. The molecule has 2 heterocycles. The van der Waals surface area contributed by atoms with Gasteiger partial charge in [-0.15, -0.1) is 0 Å². The number of aromatic amines is 2. The number of non-ortho nitro benzene ring substituents is 1. The molecule has 1 unspecified atom stereocenters. The molecule has 5 aromatic rings. The van der Waals surface area contributed by atoms with Crippen LogP contribution in [0.2, 0.25) is 0 Å². The Morgan fingerprint density at radius 1 is 0.903 bits per heavy atom. The van der Waals surface area contributed by atoms with Crippen LogP contribution in [0.4, 0.5) is 5.69 Å². The Bertz CT molecular complexity index is 1410. The van der Waals surface area contributed by atoms with Crippen molar-refractivity contribution in [3.05, 3.63) is 82.9 Å². The molecule has 0 radical (unpaired) electrons. The lowest BCUT2D eigenvalue weighted by atomic mass is 10.1. The fraction of sp³-hybridized carbons (Fsp3) is 0. The number of benzene rings is 3. The van der Waals surface area contributed by atoms with E-state index in [0.717, 1.165) is 27.5 Å². The highest BCUT2D eigenvalue weighted by Crippen LogP contribution is 2.35. The first kappa shape index (κ1) is 18.8. The molecule has 152 valence electrons. The van der Waals surface area contributed by atoms with Crippen LogP contribution >= 0.6 is 8.25 Å². The van der Waals surface area contributed by atoms with Gasteiger partial charge >= 0.3 is 8.25 Å². The number of aromatic nitrogens is 3. The first-order valence-electron chi connectivity index (χ1n) is 9.21. The topological polar surface area (TPSA) is 123 Å². The Morgan fingerprint density at radius 3 is 2.42 bits per heavy atom. The molecule has 0 aliphatic carbocycles. The number of hydrogen-bond acceptors (Lipinski definition) is 6. The molecule has 0 bridgehead atoms. The summed E-state index contributed by atoms with van der Waals surface area (Å²) in [5.41, 5.74) is 3.27. The van der Waals surface area contributed by atoms with Crippen LogP contribution in [0.25, 0.3) is 33.2 Å². The monoisotopic (exact) mass is 433 g/mol. The zero-order chi connectivity index (χ0) is 21.4. The Morgan fingerprint density at radius 2 is 1.65 bits per heavy atom. The van der Waals surface area contributed by atoms with Gasteiger partial charge in [-0.1, -0.05) is 18.2 Å². The number of hydrogen-bond donors (Lipinski definition) is 2. The lowest BCUT2D eigenvalue weighted by molar-refractivity contribution is -0.384. The largest absolute Gasteiger partial charge is 0.805 e. The zero-order valence-electron chi connectivity index (χ0n) is 15.8. The number of nitro benzene ring substituents is 1. The van der Waals surface area contributed by atoms with Crippen molar-refractivity contribution >= 4 is 35.7 Å². The van der Waals surface area contributed by atoms with Crippen LogP contribution in [-0.4, -0.2) is 20.1 Å². The third-order valence-electron chi connectivity index (χ3n) is 4.73. The van der Waals surface area contributed by atoms with Gasteiger partial charge in [-0.25, -0.2) is 9.05 Å². The Kier molecular flexibility index (Phi) is 4.57. The molecular formula is C21H14N4O5P+. The summed E-state index contributed by atoms with van der Waals surface area (Å²) in [4.78, 5) is 13.5. The van der Waals surface area contributed by atoms with Gasteiger partial charge in [0.05, 0.1) is 16.1 Å². The number of para-hydroxylation sites is 1. The van der Waals surface area contributed by atoms with E-state index in [-0.39, 0.29) is 11.4 Å². The standard InChI is InChI=1S/C21H14N4O5P/c26-25(27)14-5-7-15(8-6-14)29-31(28)30-16-9-10-19-17(12-16)21(24-23-19)20-11-13-3-1-2-4-18(13)22-20/h1-12,22H,(H,23,24)/q+1. The van der Waals surface area contributed by atoms with E-state index in [9.17, 15) is 14.7 Å². The van der Waals surface area contributed by atoms with E-state index in [0.29, 0.717) is 11.4 Å². The van der Waals surface area contributed by atoms with Gasteiger partial charge in [0.1, 0.15) is 5.69 Å². The summed E-state index contributed by atoms with van der Waals surface area (Å²) >= 11 is 0. The molecule has 0 spiro atoms. The van der Waals surface area contributed by atoms with Crippen molar-refractivity contribution in [2.45, 2.75) is 0 Å². The molecule has 2 aromatic heterocycles. The van der Waals surface area contributed by atoms with Crippen LogP contribution < -0.4 is 9.05 Å². The minimum absolute atomic E-state index is 0.0848. The van der Waals surface area contributed by atoms with Crippen molar-refractivity contribution in [1.29, 1.82) is 0 Å². The van der Waals surface area contributed by atoms with E-state index < -0.39 is 13.2 Å². The van der Waals surface area contributed by atoms with Crippen LogP contribution in [0.15, 0.2) is 72.8 Å². The van der Waals surface area contributed by atoms with E-state index in [2.05, 4.69) is 15.2 Å². The zero-order valence-corrected chi connectivity index (χ0v) is 16.7. The first-order valence-corrected chi connectivity index (χ1v) is 10.3. The maximum absolute atomic E-state index is 12.3. The van der Waals surface area contributed by atoms with Gasteiger partial charge in [0.25, 0.3) is 5.69 Å². The Hall–Kier alpha value is -4.23. The highest BCUT2D eigenvalue weighted by molar-refractivity contribution is 7.34.